The van der Waals surface area contributed by atoms with E-state index in [1.165, 1.54) is 36.8 Å². The Morgan fingerprint density at radius 3 is 3.00 bits per heavy atom. The zero-order valence-corrected chi connectivity index (χ0v) is 8.29. The van der Waals surface area contributed by atoms with Crippen LogP contribution in [0.15, 0.2) is 24.5 Å². The van der Waals surface area contributed by atoms with E-state index in [0.717, 1.165) is 12.1 Å². The average Bonchev–Trinajstić information content (AvgIpc) is 2.51. The number of hydrogen-bond acceptors (Lipinski definition) is 1. The Hall–Kier alpha value is -1.02. The highest BCUT2D eigenvalue weighted by Crippen LogP contribution is 2.29. The van der Waals surface area contributed by atoms with E-state index in [4.69, 9.17) is 0 Å². The maximum absolute atomic E-state index is 3.60. The molecular weight excluding hydrogens is 172 g/mol. The van der Waals surface area contributed by atoms with Crippen LogP contribution in [0.1, 0.15) is 31.2 Å². The van der Waals surface area contributed by atoms with Crippen molar-refractivity contribution in [3.63, 3.8) is 0 Å². The number of fused-ring (bicyclic) bond motifs is 3. The van der Waals surface area contributed by atoms with Gasteiger partial charge in [0.05, 0.1) is 0 Å². The largest absolute Gasteiger partial charge is 0.367 e. The maximum atomic E-state index is 3.60. The molecule has 14 heavy (non-hydrogen) atoms. The lowest BCUT2D eigenvalue weighted by atomic mass is 9.85. The van der Waals surface area contributed by atoms with Crippen molar-refractivity contribution >= 4 is 5.57 Å². The quantitative estimate of drug-likeness (QED) is 0.695. The van der Waals surface area contributed by atoms with Crippen LogP contribution in [-0.4, -0.2) is 17.1 Å². The molecule has 1 aliphatic carbocycles. The molecule has 3 aliphatic rings. The molecule has 2 N–H and O–H groups in total. The van der Waals surface area contributed by atoms with Crippen LogP contribution in [0, 0.1) is 0 Å². The van der Waals surface area contributed by atoms with E-state index in [9.17, 15) is 0 Å². The summed E-state index contributed by atoms with van der Waals surface area (Å²) in [4.78, 5) is 3.13. The summed E-state index contributed by atoms with van der Waals surface area (Å²) in [6, 6.07) is 3.73. The zero-order chi connectivity index (χ0) is 9.38. The first-order chi connectivity index (χ1) is 6.92. The molecule has 2 aliphatic heterocycles. The summed E-state index contributed by atoms with van der Waals surface area (Å²) in [6.07, 6.45) is 11.6. The number of nitrogens with one attached hydrogen (secondary N) is 2. The van der Waals surface area contributed by atoms with Crippen LogP contribution in [0.25, 0.3) is 5.57 Å². The number of aromatic amines is 1. The summed E-state index contributed by atoms with van der Waals surface area (Å²) in [5.74, 6) is 0. The highest BCUT2D eigenvalue weighted by Gasteiger charge is 2.28. The third-order valence-corrected chi connectivity index (χ3v) is 3.42. The van der Waals surface area contributed by atoms with Crippen molar-refractivity contribution in [1.82, 2.24) is 10.3 Å². The molecule has 2 unspecified atom stereocenters. The number of rotatable bonds is 1. The molecule has 4 rings (SSSR count). The molecule has 3 heterocycles. The summed E-state index contributed by atoms with van der Waals surface area (Å²) in [5.41, 5.74) is 2.91. The van der Waals surface area contributed by atoms with Gasteiger partial charge in [-0.2, -0.15) is 0 Å². The minimum absolute atomic E-state index is 0.759. The molecule has 74 valence electrons. The first kappa shape index (κ1) is 8.30. The van der Waals surface area contributed by atoms with Crippen molar-refractivity contribution < 1.29 is 0 Å². The van der Waals surface area contributed by atoms with Crippen LogP contribution < -0.4 is 5.32 Å². The van der Waals surface area contributed by atoms with Crippen LogP contribution in [0.2, 0.25) is 0 Å². The number of allylic oxidation sites excluding steroid dienone is 1. The van der Waals surface area contributed by atoms with Gasteiger partial charge in [0.15, 0.2) is 0 Å². The van der Waals surface area contributed by atoms with Crippen molar-refractivity contribution in [3.05, 3.63) is 30.1 Å². The van der Waals surface area contributed by atoms with E-state index in [-0.39, 0.29) is 0 Å². The molecule has 0 aromatic carbocycles. The fraction of sp³-hybridized carbons (Fsp3) is 0.500. The van der Waals surface area contributed by atoms with E-state index in [0.29, 0.717) is 0 Å². The predicted octanol–water partition coefficient (Wildman–Crippen LogP) is 2.31. The van der Waals surface area contributed by atoms with E-state index < -0.39 is 0 Å². The monoisotopic (exact) mass is 188 g/mol. The Kier molecular flexibility index (Phi) is 1.95. The first-order valence-corrected chi connectivity index (χ1v) is 5.50. The van der Waals surface area contributed by atoms with E-state index >= 15 is 0 Å². The fourth-order valence-electron chi connectivity index (χ4n) is 2.52. The first-order valence-electron chi connectivity index (χ1n) is 5.50. The van der Waals surface area contributed by atoms with Crippen molar-refractivity contribution in [3.8, 4) is 0 Å². The maximum Gasteiger partial charge on any atom is 0.0119 e. The minimum atomic E-state index is 0.759. The topological polar surface area (TPSA) is 27.8 Å². The van der Waals surface area contributed by atoms with Crippen molar-refractivity contribution in [2.24, 2.45) is 0 Å². The molecule has 2 heteroatoms. The molecule has 0 saturated carbocycles. The van der Waals surface area contributed by atoms with Gasteiger partial charge in [0.25, 0.3) is 0 Å². The molecule has 0 spiro atoms. The summed E-state index contributed by atoms with van der Waals surface area (Å²) in [7, 11) is 0. The molecule has 0 amide bonds. The molecule has 2 nitrogen and oxygen atoms in total. The van der Waals surface area contributed by atoms with Gasteiger partial charge in [-0.3, -0.25) is 0 Å². The van der Waals surface area contributed by atoms with E-state index in [1.54, 1.807) is 0 Å². The standard InChI is InChI=1S/C12H16N2/c1-3-11-7-12(14-11)4-2-9(1)10-5-6-13-8-10/h1,5-6,8,11-14H,2-4,7H2. The van der Waals surface area contributed by atoms with Crippen molar-refractivity contribution in [2.45, 2.75) is 37.8 Å². The summed E-state index contributed by atoms with van der Waals surface area (Å²) in [6.45, 7) is 0. The lowest BCUT2D eigenvalue weighted by Crippen LogP contribution is -2.52. The van der Waals surface area contributed by atoms with Gasteiger partial charge in [0.2, 0.25) is 0 Å². The van der Waals surface area contributed by atoms with Gasteiger partial charge in [-0.05, 0) is 42.9 Å². The van der Waals surface area contributed by atoms with Gasteiger partial charge in [-0.25, -0.2) is 0 Å². The van der Waals surface area contributed by atoms with Gasteiger partial charge in [0.1, 0.15) is 0 Å². The predicted molar refractivity (Wildman–Crippen MR) is 57.9 cm³/mol. The SMILES string of the molecule is C1=C(c2cc[nH]c2)CCC2CC(C1)N2. The lowest BCUT2D eigenvalue weighted by molar-refractivity contribution is 0.251. The second-order valence-electron chi connectivity index (χ2n) is 4.40. The molecule has 2 bridgehead atoms. The van der Waals surface area contributed by atoms with Crippen molar-refractivity contribution in [1.29, 1.82) is 0 Å². The Balaban J connectivity index is 1.82. The summed E-state index contributed by atoms with van der Waals surface area (Å²) in [5, 5.41) is 3.60. The van der Waals surface area contributed by atoms with Gasteiger partial charge in [-0.1, -0.05) is 6.08 Å². The second-order valence-corrected chi connectivity index (χ2v) is 4.40. The highest BCUT2D eigenvalue weighted by molar-refractivity contribution is 5.65. The van der Waals surface area contributed by atoms with Crippen LogP contribution in [0.5, 0.6) is 0 Å². The number of hydrogen-bond donors (Lipinski definition) is 2. The smallest absolute Gasteiger partial charge is 0.0119 e. The summed E-state index contributed by atoms with van der Waals surface area (Å²) < 4.78 is 0. The Morgan fingerprint density at radius 2 is 2.21 bits per heavy atom. The average molecular weight is 188 g/mol. The third kappa shape index (κ3) is 1.40. The fourth-order valence-corrected chi connectivity index (χ4v) is 2.52. The van der Waals surface area contributed by atoms with Crippen LogP contribution in [-0.2, 0) is 0 Å². The minimum Gasteiger partial charge on any atom is -0.367 e. The van der Waals surface area contributed by atoms with Gasteiger partial charge in [0, 0.05) is 24.5 Å². The Morgan fingerprint density at radius 1 is 1.29 bits per heavy atom. The van der Waals surface area contributed by atoms with E-state index in [1.807, 2.05) is 6.20 Å². The Bertz CT molecular complexity index is 331. The number of H-pyrrole nitrogens is 1. The van der Waals surface area contributed by atoms with Gasteiger partial charge >= 0.3 is 0 Å². The Labute approximate surface area is 84.4 Å². The lowest BCUT2D eigenvalue weighted by Gasteiger charge is -2.39. The molecular formula is C12H16N2. The van der Waals surface area contributed by atoms with Gasteiger partial charge < -0.3 is 10.3 Å². The molecule has 2 atom stereocenters. The molecule has 1 aromatic rings. The highest BCUT2D eigenvalue weighted by atomic mass is 15.0. The molecule has 1 fully saturated rings. The van der Waals surface area contributed by atoms with Crippen LogP contribution >= 0.6 is 0 Å². The number of aromatic nitrogens is 1. The third-order valence-electron chi connectivity index (χ3n) is 3.42. The van der Waals surface area contributed by atoms with Gasteiger partial charge in [-0.15, -0.1) is 0 Å². The molecule has 0 radical (unpaired) electrons. The van der Waals surface area contributed by atoms with Crippen molar-refractivity contribution in [2.75, 3.05) is 0 Å². The zero-order valence-electron chi connectivity index (χ0n) is 8.29. The second kappa shape index (κ2) is 3.28. The van der Waals surface area contributed by atoms with Crippen LogP contribution in [0.3, 0.4) is 0 Å². The molecule has 1 aromatic heterocycles. The normalized spacial score (nSPS) is 31.3. The van der Waals surface area contributed by atoms with E-state index in [2.05, 4.69) is 28.6 Å². The molecule has 1 saturated heterocycles. The van der Waals surface area contributed by atoms with Crippen LogP contribution in [0.4, 0.5) is 0 Å². The summed E-state index contributed by atoms with van der Waals surface area (Å²) >= 11 is 0.